The van der Waals surface area contributed by atoms with Crippen molar-refractivity contribution in [2.45, 2.75) is 32.9 Å². The van der Waals surface area contributed by atoms with Gasteiger partial charge in [0, 0.05) is 12.1 Å². The average Bonchev–Trinajstić information content (AvgIpc) is 3.12. The molecule has 1 saturated heterocycles. The maximum absolute atomic E-state index is 13.3. The number of likely N-dealkylation sites (tertiary alicyclic amines) is 1. The molecule has 2 aromatic rings. The molecule has 0 bridgehead atoms. The van der Waals surface area contributed by atoms with Crippen LogP contribution >= 0.6 is 0 Å². The summed E-state index contributed by atoms with van der Waals surface area (Å²) in [6, 6.07) is 9.15. The maximum Gasteiger partial charge on any atom is 0.295 e. The molecular formula is C27H33NO8. The van der Waals surface area contributed by atoms with Crippen LogP contribution in [0.25, 0.3) is 5.76 Å². The molecule has 0 spiro atoms. The van der Waals surface area contributed by atoms with Crippen LogP contribution in [0.4, 0.5) is 0 Å². The van der Waals surface area contributed by atoms with E-state index in [9.17, 15) is 14.7 Å². The molecule has 1 aliphatic heterocycles. The number of hydrogen-bond acceptors (Lipinski definition) is 8. The summed E-state index contributed by atoms with van der Waals surface area (Å²) in [5, 5.41) is 11.3. The van der Waals surface area contributed by atoms with E-state index in [0.717, 1.165) is 0 Å². The second kappa shape index (κ2) is 11.8. The monoisotopic (exact) mass is 499 g/mol. The predicted octanol–water partition coefficient (Wildman–Crippen LogP) is 3.96. The first-order valence-corrected chi connectivity index (χ1v) is 11.7. The molecule has 194 valence electrons. The quantitative estimate of drug-likeness (QED) is 0.282. The fourth-order valence-corrected chi connectivity index (χ4v) is 4.16. The topological polar surface area (TPSA) is 104 Å². The van der Waals surface area contributed by atoms with Gasteiger partial charge in [0.05, 0.1) is 52.3 Å². The number of amides is 1. The van der Waals surface area contributed by atoms with E-state index in [2.05, 4.69) is 0 Å². The van der Waals surface area contributed by atoms with Crippen LogP contribution in [0, 0.1) is 0 Å². The fraction of sp³-hybridized carbons (Fsp3) is 0.407. The summed E-state index contributed by atoms with van der Waals surface area (Å²) in [4.78, 5) is 27.9. The lowest BCUT2D eigenvalue weighted by atomic mass is 9.94. The molecule has 0 saturated carbocycles. The minimum atomic E-state index is -0.912. The van der Waals surface area contributed by atoms with Crippen LogP contribution in [0.5, 0.6) is 23.0 Å². The van der Waals surface area contributed by atoms with Gasteiger partial charge in [-0.25, -0.2) is 0 Å². The Morgan fingerprint density at radius 3 is 2.25 bits per heavy atom. The third-order valence-corrected chi connectivity index (χ3v) is 5.74. The second-order valence-corrected chi connectivity index (χ2v) is 8.33. The summed E-state index contributed by atoms with van der Waals surface area (Å²) in [6.45, 7) is 6.41. The lowest BCUT2D eigenvalue weighted by molar-refractivity contribution is -0.140. The number of ketones is 1. The van der Waals surface area contributed by atoms with Crippen LogP contribution in [0.3, 0.4) is 0 Å². The van der Waals surface area contributed by atoms with Gasteiger partial charge in [-0.05, 0) is 50.6 Å². The first-order chi connectivity index (χ1) is 17.3. The number of methoxy groups -OCH3 is 3. The van der Waals surface area contributed by atoms with Crippen LogP contribution in [-0.4, -0.2) is 68.9 Å². The molecule has 0 aliphatic carbocycles. The highest BCUT2D eigenvalue weighted by molar-refractivity contribution is 6.46. The summed E-state index contributed by atoms with van der Waals surface area (Å²) in [7, 11) is 4.45. The maximum atomic E-state index is 13.3. The number of hydrogen-bond donors (Lipinski definition) is 1. The molecule has 1 N–H and O–H groups in total. The molecule has 9 heteroatoms. The first kappa shape index (κ1) is 26.9. The van der Waals surface area contributed by atoms with Crippen LogP contribution in [0.15, 0.2) is 42.0 Å². The van der Waals surface area contributed by atoms with E-state index in [-0.39, 0.29) is 30.6 Å². The van der Waals surface area contributed by atoms with Gasteiger partial charge >= 0.3 is 0 Å². The number of benzene rings is 2. The normalized spacial score (nSPS) is 17.0. The zero-order valence-electron chi connectivity index (χ0n) is 21.5. The molecule has 1 unspecified atom stereocenters. The van der Waals surface area contributed by atoms with E-state index in [1.165, 1.54) is 26.2 Å². The third kappa shape index (κ3) is 5.41. The average molecular weight is 500 g/mol. The van der Waals surface area contributed by atoms with Crippen molar-refractivity contribution in [1.82, 2.24) is 4.90 Å². The molecule has 1 heterocycles. The Morgan fingerprint density at radius 1 is 1.03 bits per heavy atom. The van der Waals surface area contributed by atoms with Crippen LogP contribution in [0.2, 0.25) is 0 Å². The van der Waals surface area contributed by atoms with Gasteiger partial charge in [0.2, 0.25) is 5.75 Å². The minimum Gasteiger partial charge on any atom is -0.507 e. The van der Waals surface area contributed by atoms with Gasteiger partial charge in [0.25, 0.3) is 11.7 Å². The lowest BCUT2D eigenvalue weighted by Crippen LogP contribution is -2.33. The van der Waals surface area contributed by atoms with Crippen molar-refractivity contribution in [3.05, 3.63) is 53.1 Å². The van der Waals surface area contributed by atoms with Crippen molar-refractivity contribution >= 4 is 17.4 Å². The number of carbonyl (C=O) groups excluding carboxylic acids is 2. The molecule has 1 amide bonds. The lowest BCUT2D eigenvalue weighted by Gasteiger charge is -2.27. The van der Waals surface area contributed by atoms with Crippen molar-refractivity contribution in [2.75, 3.05) is 41.1 Å². The number of carbonyl (C=O) groups is 2. The van der Waals surface area contributed by atoms with E-state index in [1.54, 1.807) is 36.4 Å². The molecule has 2 aromatic carbocycles. The summed E-state index contributed by atoms with van der Waals surface area (Å²) in [5.41, 5.74) is 0.818. The van der Waals surface area contributed by atoms with E-state index in [1.807, 2.05) is 20.8 Å². The van der Waals surface area contributed by atoms with Crippen molar-refractivity contribution in [3.8, 4) is 23.0 Å². The van der Waals surface area contributed by atoms with Gasteiger partial charge in [0.1, 0.15) is 11.5 Å². The molecule has 1 atom stereocenters. The Morgan fingerprint density at radius 2 is 1.69 bits per heavy atom. The number of aliphatic hydroxyl groups is 1. The molecule has 1 aliphatic rings. The summed E-state index contributed by atoms with van der Waals surface area (Å²) in [6.07, 6.45) is -0.0530. The Bertz CT molecular complexity index is 1120. The van der Waals surface area contributed by atoms with Gasteiger partial charge in [-0.2, -0.15) is 0 Å². The molecule has 0 radical (unpaired) electrons. The highest BCUT2D eigenvalue weighted by Gasteiger charge is 2.46. The first-order valence-electron chi connectivity index (χ1n) is 11.7. The Balaban J connectivity index is 2.21. The standard InChI is InChI=1S/C27H33NO8/c1-7-35-19-10-8-9-17(13-19)24(29)22-23(28(27(31)25(22)30)11-12-36-16(2)3)18-14-20(32-4)26(34-6)21(15-18)33-5/h8-10,13-16,23,29H,7,11-12H2,1-6H3/b24-22+. The number of aliphatic hydroxyl groups excluding tert-OH is 1. The number of ether oxygens (including phenoxy) is 5. The van der Waals surface area contributed by atoms with Crippen LogP contribution in [-0.2, 0) is 14.3 Å². The molecule has 9 nitrogen and oxygen atoms in total. The van der Waals surface area contributed by atoms with Crippen LogP contribution < -0.4 is 18.9 Å². The molecule has 1 fully saturated rings. The number of rotatable bonds is 11. The number of Topliss-reactive ketones (excluding diaryl/α,β-unsaturated/α-hetero) is 1. The van der Waals surface area contributed by atoms with Crippen molar-refractivity contribution in [3.63, 3.8) is 0 Å². The Labute approximate surface area is 211 Å². The van der Waals surface area contributed by atoms with Crippen molar-refractivity contribution in [1.29, 1.82) is 0 Å². The van der Waals surface area contributed by atoms with E-state index in [0.29, 0.717) is 40.7 Å². The van der Waals surface area contributed by atoms with Gasteiger partial charge in [-0.3, -0.25) is 9.59 Å². The van der Waals surface area contributed by atoms with Gasteiger partial charge in [-0.15, -0.1) is 0 Å². The molecule has 3 rings (SSSR count). The zero-order valence-corrected chi connectivity index (χ0v) is 21.5. The second-order valence-electron chi connectivity index (χ2n) is 8.33. The largest absolute Gasteiger partial charge is 0.507 e. The van der Waals surface area contributed by atoms with E-state index in [4.69, 9.17) is 23.7 Å². The van der Waals surface area contributed by atoms with Crippen molar-refractivity contribution in [2.24, 2.45) is 0 Å². The molecular weight excluding hydrogens is 466 g/mol. The smallest absolute Gasteiger partial charge is 0.295 e. The van der Waals surface area contributed by atoms with Crippen LogP contribution in [0.1, 0.15) is 37.9 Å². The van der Waals surface area contributed by atoms with E-state index >= 15 is 0 Å². The molecule has 36 heavy (non-hydrogen) atoms. The summed E-state index contributed by atoms with van der Waals surface area (Å²) in [5.74, 6) is -0.218. The Kier molecular flexibility index (Phi) is 8.82. The van der Waals surface area contributed by atoms with E-state index < -0.39 is 17.7 Å². The number of nitrogens with zero attached hydrogens (tertiary/aromatic N) is 1. The Hall–Kier alpha value is -3.72. The van der Waals surface area contributed by atoms with Gasteiger partial charge in [0.15, 0.2) is 11.5 Å². The van der Waals surface area contributed by atoms with Gasteiger partial charge in [-0.1, -0.05) is 12.1 Å². The van der Waals surface area contributed by atoms with Gasteiger partial charge < -0.3 is 33.7 Å². The third-order valence-electron chi connectivity index (χ3n) is 5.74. The SMILES string of the molecule is CCOc1cccc(/C(O)=C2\C(=O)C(=O)N(CCOC(C)C)C2c2cc(OC)c(OC)c(OC)c2)c1. The summed E-state index contributed by atoms with van der Waals surface area (Å²) < 4.78 is 27.6. The highest BCUT2D eigenvalue weighted by atomic mass is 16.5. The fourth-order valence-electron chi connectivity index (χ4n) is 4.16. The summed E-state index contributed by atoms with van der Waals surface area (Å²) >= 11 is 0. The minimum absolute atomic E-state index is 0.0486. The highest BCUT2D eigenvalue weighted by Crippen LogP contribution is 2.45. The molecule has 0 aromatic heterocycles. The van der Waals surface area contributed by atoms with Crippen molar-refractivity contribution < 1.29 is 38.4 Å². The zero-order chi connectivity index (χ0) is 26.4. The predicted molar refractivity (Wildman–Crippen MR) is 134 cm³/mol.